The zero-order valence-electron chi connectivity index (χ0n) is 11.0. The van der Waals surface area contributed by atoms with Crippen molar-refractivity contribution in [3.8, 4) is 5.75 Å². The van der Waals surface area contributed by atoms with E-state index < -0.39 is 0 Å². The van der Waals surface area contributed by atoms with Gasteiger partial charge in [-0.15, -0.1) is 0 Å². The lowest BCUT2D eigenvalue weighted by Crippen LogP contribution is -2.26. The van der Waals surface area contributed by atoms with Gasteiger partial charge >= 0.3 is 0 Å². The Labute approximate surface area is 105 Å². The fourth-order valence-corrected chi connectivity index (χ4v) is 2.51. The fourth-order valence-electron chi connectivity index (χ4n) is 2.51. The molecule has 0 bridgehead atoms. The molecule has 0 aliphatic carbocycles. The van der Waals surface area contributed by atoms with Gasteiger partial charge in [-0.25, -0.2) is 0 Å². The second-order valence-electron chi connectivity index (χ2n) is 4.70. The molecule has 0 saturated carbocycles. The largest absolute Gasteiger partial charge is 0.491 e. The molecular formula is C15H23NO. The molecule has 17 heavy (non-hydrogen) atoms. The molecule has 0 unspecified atom stereocenters. The molecule has 0 atom stereocenters. The van der Waals surface area contributed by atoms with Crippen LogP contribution in [-0.2, 0) is 6.42 Å². The molecule has 2 rings (SSSR count). The van der Waals surface area contributed by atoms with Crippen LogP contribution in [0.25, 0.3) is 0 Å². The number of ether oxygens (including phenoxy) is 1. The van der Waals surface area contributed by atoms with Crippen LogP contribution in [0.1, 0.15) is 38.7 Å². The Bertz CT molecular complexity index is 356. The van der Waals surface area contributed by atoms with Crippen molar-refractivity contribution >= 4 is 5.69 Å². The second kappa shape index (κ2) is 5.95. The van der Waals surface area contributed by atoms with Gasteiger partial charge in [0.1, 0.15) is 5.75 Å². The molecular weight excluding hydrogens is 210 g/mol. The van der Waals surface area contributed by atoms with Crippen LogP contribution in [-0.4, -0.2) is 19.7 Å². The molecule has 94 valence electrons. The standard InChI is InChI=1S/C15H23NO/c1-3-10-16(11-4-2)14-9-5-7-13-8-6-12-17-15(13)14/h5,7,9H,3-4,6,8,10-12H2,1-2H3. The van der Waals surface area contributed by atoms with Crippen molar-refractivity contribution in [1.29, 1.82) is 0 Å². The minimum atomic E-state index is 0.871. The van der Waals surface area contributed by atoms with Gasteiger partial charge in [-0.05, 0) is 37.3 Å². The first kappa shape index (κ1) is 12.3. The van der Waals surface area contributed by atoms with E-state index in [1.165, 1.54) is 24.1 Å². The summed E-state index contributed by atoms with van der Waals surface area (Å²) in [6.07, 6.45) is 4.68. The zero-order valence-corrected chi connectivity index (χ0v) is 11.0. The fraction of sp³-hybridized carbons (Fsp3) is 0.600. The third-order valence-electron chi connectivity index (χ3n) is 3.24. The van der Waals surface area contributed by atoms with Crippen molar-refractivity contribution < 1.29 is 4.74 Å². The van der Waals surface area contributed by atoms with Crippen molar-refractivity contribution in [2.45, 2.75) is 39.5 Å². The van der Waals surface area contributed by atoms with Crippen LogP contribution < -0.4 is 9.64 Å². The van der Waals surface area contributed by atoms with Crippen LogP contribution in [0, 0.1) is 0 Å². The van der Waals surface area contributed by atoms with Gasteiger partial charge < -0.3 is 9.64 Å². The van der Waals surface area contributed by atoms with E-state index in [1.807, 2.05) is 0 Å². The molecule has 2 nitrogen and oxygen atoms in total. The highest BCUT2D eigenvalue weighted by Crippen LogP contribution is 2.35. The second-order valence-corrected chi connectivity index (χ2v) is 4.70. The molecule has 0 fully saturated rings. The highest BCUT2D eigenvalue weighted by molar-refractivity contribution is 5.62. The Morgan fingerprint density at radius 1 is 1.18 bits per heavy atom. The lowest BCUT2D eigenvalue weighted by molar-refractivity contribution is 0.288. The van der Waals surface area contributed by atoms with Crippen molar-refractivity contribution in [3.05, 3.63) is 23.8 Å². The quantitative estimate of drug-likeness (QED) is 0.770. The number of para-hydroxylation sites is 1. The van der Waals surface area contributed by atoms with Gasteiger partial charge in [0, 0.05) is 13.1 Å². The smallest absolute Gasteiger partial charge is 0.145 e. The number of hydrogen-bond acceptors (Lipinski definition) is 2. The van der Waals surface area contributed by atoms with Crippen LogP contribution in [0.2, 0.25) is 0 Å². The summed E-state index contributed by atoms with van der Waals surface area (Å²) >= 11 is 0. The Morgan fingerprint density at radius 2 is 1.94 bits per heavy atom. The van der Waals surface area contributed by atoms with E-state index in [9.17, 15) is 0 Å². The predicted octanol–water partition coefficient (Wildman–Crippen LogP) is 3.64. The number of aryl methyl sites for hydroxylation is 1. The Hall–Kier alpha value is -1.18. The maximum Gasteiger partial charge on any atom is 0.145 e. The summed E-state index contributed by atoms with van der Waals surface area (Å²) < 4.78 is 5.89. The van der Waals surface area contributed by atoms with E-state index in [4.69, 9.17) is 4.74 Å². The molecule has 0 spiro atoms. The summed E-state index contributed by atoms with van der Waals surface area (Å²) in [6, 6.07) is 6.57. The molecule has 1 heterocycles. The third-order valence-corrected chi connectivity index (χ3v) is 3.24. The van der Waals surface area contributed by atoms with Crippen LogP contribution >= 0.6 is 0 Å². The van der Waals surface area contributed by atoms with Crippen LogP contribution in [0.3, 0.4) is 0 Å². The Kier molecular flexibility index (Phi) is 4.29. The summed E-state index contributed by atoms with van der Waals surface area (Å²) in [6.45, 7) is 7.58. The number of benzene rings is 1. The molecule has 1 aromatic rings. The number of anilines is 1. The van der Waals surface area contributed by atoms with Crippen molar-refractivity contribution in [2.75, 3.05) is 24.6 Å². The maximum atomic E-state index is 5.89. The number of fused-ring (bicyclic) bond motifs is 1. The number of hydrogen-bond donors (Lipinski definition) is 0. The van der Waals surface area contributed by atoms with E-state index in [-0.39, 0.29) is 0 Å². The first-order valence-electron chi connectivity index (χ1n) is 6.86. The molecule has 1 aliphatic heterocycles. The van der Waals surface area contributed by atoms with Crippen molar-refractivity contribution in [2.24, 2.45) is 0 Å². The molecule has 0 amide bonds. The summed E-state index contributed by atoms with van der Waals surface area (Å²) in [4.78, 5) is 2.46. The van der Waals surface area contributed by atoms with Gasteiger partial charge in [0.05, 0.1) is 12.3 Å². The van der Waals surface area contributed by atoms with Crippen LogP contribution in [0.15, 0.2) is 18.2 Å². The van der Waals surface area contributed by atoms with E-state index in [2.05, 4.69) is 36.9 Å². The highest BCUT2D eigenvalue weighted by atomic mass is 16.5. The normalized spacial score (nSPS) is 14.0. The molecule has 1 aromatic carbocycles. The van der Waals surface area contributed by atoms with Gasteiger partial charge in [0.2, 0.25) is 0 Å². The Balaban J connectivity index is 2.28. The summed E-state index contributed by atoms with van der Waals surface area (Å²) in [5, 5.41) is 0. The lowest BCUT2D eigenvalue weighted by atomic mass is 10.0. The van der Waals surface area contributed by atoms with E-state index >= 15 is 0 Å². The first-order chi connectivity index (χ1) is 8.36. The van der Waals surface area contributed by atoms with Crippen LogP contribution in [0.4, 0.5) is 5.69 Å². The van der Waals surface area contributed by atoms with Crippen LogP contribution in [0.5, 0.6) is 5.75 Å². The van der Waals surface area contributed by atoms with E-state index in [1.54, 1.807) is 0 Å². The zero-order chi connectivity index (χ0) is 12.1. The van der Waals surface area contributed by atoms with Gasteiger partial charge in [-0.2, -0.15) is 0 Å². The Morgan fingerprint density at radius 3 is 2.65 bits per heavy atom. The summed E-state index contributed by atoms with van der Waals surface area (Å²) in [5.74, 6) is 1.14. The van der Waals surface area contributed by atoms with E-state index in [0.717, 1.165) is 38.3 Å². The molecule has 0 N–H and O–H groups in total. The predicted molar refractivity (Wildman–Crippen MR) is 73.1 cm³/mol. The average molecular weight is 233 g/mol. The van der Waals surface area contributed by atoms with Gasteiger partial charge in [-0.1, -0.05) is 26.0 Å². The summed E-state index contributed by atoms with van der Waals surface area (Å²) in [5.41, 5.74) is 2.68. The highest BCUT2D eigenvalue weighted by Gasteiger charge is 2.17. The topological polar surface area (TPSA) is 12.5 Å². The van der Waals surface area contributed by atoms with Gasteiger partial charge in [0.15, 0.2) is 0 Å². The minimum Gasteiger partial charge on any atom is -0.491 e. The minimum absolute atomic E-state index is 0.871. The maximum absolute atomic E-state index is 5.89. The molecule has 2 heteroatoms. The molecule has 0 radical (unpaired) electrons. The molecule has 0 aromatic heterocycles. The third kappa shape index (κ3) is 2.74. The molecule has 1 aliphatic rings. The van der Waals surface area contributed by atoms with E-state index in [0.29, 0.717) is 0 Å². The van der Waals surface area contributed by atoms with Gasteiger partial charge in [0.25, 0.3) is 0 Å². The average Bonchev–Trinajstić information content (AvgIpc) is 2.38. The molecule has 0 saturated heterocycles. The lowest BCUT2D eigenvalue weighted by Gasteiger charge is -2.29. The number of nitrogens with zero attached hydrogens (tertiary/aromatic N) is 1. The number of rotatable bonds is 5. The first-order valence-corrected chi connectivity index (χ1v) is 6.86. The SMILES string of the molecule is CCCN(CCC)c1cccc2c1OCCC2. The summed E-state index contributed by atoms with van der Waals surface area (Å²) in [7, 11) is 0. The van der Waals surface area contributed by atoms with Crippen molar-refractivity contribution in [1.82, 2.24) is 0 Å². The van der Waals surface area contributed by atoms with Gasteiger partial charge in [-0.3, -0.25) is 0 Å². The monoisotopic (exact) mass is 233 g/mol. The van der Waals surface area contributed by atoms with Crippen molar-refractivity contribution in [3.63, 3.8) is 0 Å².